The van der Waals surface area contributed by atoms with Gasteiger partial charge in [0.2, 0.25) is 0 Å². The fourth-order valence-corrected chi connectivity index (χ4v) is 2.30. The number of carbonyl (C=O) groups is 1. The summed E-state index contributed by atoms with van der Waals surface area (Å²) >= 11 is 11.8. The van der Waals surface area contributed by atoms with Gasteiger partial charge in [0.25, 0.3) is 5.91 Å². The van der Waals surface area contributed by atoms with E-state index in [9.17, 15) is 4.79 Å². The predicted molar refractivity (Wildman–Crippen MR) is 83.2 cm³/mol. The summed E-state index contributed by atoms with van der Waals surface area (Å²) in [5.41, 5.74) is 0. The molecule has 20 heavy (non-hydrogen) atoms. The molecule has 0 aliphatic carbocycles. The van der Waals surface area contributed by atoms with Gasteiger partial charge in [-0.05, 0) is 38.1 Å². The van der Waals surface area contributed by atoms with Crippen molar-refractivity contribution in [2.45, 2.75) is 18.9 Å². The van der Waals surface area contributed by atoms with Crippen molar-refractivity contribution in [3.8, 4) is 5.75 Å². The molecule has 1 aromatic rings. The third-order valence-corrected chi connectivity index (χ3v) is 3.50. The third-order valence-electron chi connectivity index (χ3n) is 2.96. The van der Waals surface area contributed by atoms with Crippen LogP contribution in [0, 0.1) is 0 Å². The number of hydrogen-bond acceptors (Lipinski definition) is 3. The molecule has 0 unspecified atom stereocenters. The lowest BCUT2D eigenvalue weighted by Gasteiger charge is -2.23. The van der Waals surface area contributed by atoms with Crippen LogP contribution in [0.25, 0.3) is 0 Å². The van der Waals surface area contributed by atoms with E-state index in [1.807, 2.05) is 0 Å². The Balaban J connectivity index is 0.00000200. The van der Waals surface area contributed by atoms with Crippen LogP contribution >= 0.6 is 35.6 Å². The van der Waals surface area contributed by atoms with Crippen molar-refractivity contribution in [2.75, 3.05) is 19.7 Å². The average molecular weight is 340 g/mol. The van der Waals surface area contributed by atoms with Crippen LogP contribution in [0.15, 0.2) is 18.2 Å². The molecule has 0 bridgehead atoms. The monoisotopic (exact) mass is 338 g/mol. The fraction of sp³-hybridized carbons (Fsp3) is 0.462. The largest absolute Gasteiger partial charge is 0.482 e. The summed E-state index contributed by atoms with van der Waals surface area (Å²) in [6.07, 6.45) is 1.90. The van der Waals surface area contributed by atoms with Gasteiger partial charge in [-0.15, -0.1) is 12.4 Å². The summed E-state index contributed by atoms with van der Waals surface area (Å²) in [6.45, 7) is 1.82. The molecule has 0 aromatic heterocycles. The molecule has 1 aliphatic heterocycles. The van der Waals surface area contributed by atoms with Crippen molar-refractivity contribution in [1.29, 1.82) is 0 Å². The Hall–Kier alpha value is -0.680. The van der Waals surface area contributed by atoms with E-state index in [0.717, 1.165) is 25.9 Å². The average Bonchev–Trinajstić information content (AvgIpc) is 2.41. The second kappa shape index (κ2) is 8.57. The van der Waals surface area contributed by atoms with E-state index in [2.05, 4.69) is 10.6 Å². The van der Waals surface area contributed by atoms with Crippen molar-refractivity contribution in [3.63, 3.8) is 0 Å². The van der Waals surface area contributed by atoms with E-state index >= 15 is 0 Å². The molecule has 0 radical (unpaired) electrons. The van der Waals surface area contributed by atoms with Gasteiger partial charge in [-0.2, -0.15) is 0 Å². The van der Waals surface area contributed by atoms with Gasteiger partial charge in [-0.3, -0.25) is 4.79 Å². The Morgan fingerprint density at radius 1 is 1.35 bits per heavy atom. The molecule has 112 valence electrons. The minimum absolute atomic E-state index is 0. The quantitative estimate of drug-likeness (QED) is 0.887. The van der Waals surface area contributed by atoms with Crippen molar-refractivity contribution >= 4 is 41.5 Å². The van der Waals surface area contributed by atoms with Crippen LogP contribution in [0.3, 0.4) is 0 Å². The zero-order valence-electron chi connectivity index (χ0n) is 10.8. The Morgan fingerprint density at radius 2 is 2.05 bits per heavy atom. The number of hydrogen-bond donors (Lipinski definition) is 2. The van der Waals surface area contributed by atoms with Crippen LogP contribution in [0.4, 0.5) is 0 Å². The summed E-state index contributed by atoms with van der Waals surface area (Å²) in [5, 5.41) is 7.16. The van der Waals surface area contributed by atoms with Crippen LogP contribution in [-0.2, 0) is 4.79 Å². The van der Waals surface area contributed by atoms with Gasteiger partial charge in [0.15, 0.2) is 6.61 Å². The first-order valence-corrected chi connectivity index (χ1v) is 6.98. The zero-order valence-corrected chi connectivity index (χ0v) is 13.2. The van der Waals surface area contributed by atoms with Crippen LogP contribution in [0.5, 0.6) is 5.75 Å². The molecular weight excluding hydrogens is 323 g/mol. The third kappa shape index (κ3) is 5.37. The van der Waals surface area contributed by atoms with E-state index in [1.165, 1.54) is 0 Å². The van der Waals surface area contributed by atoms with Gasteiger partial charge < -0.3 is 15.4 Å². The molecule has 2 rings (SSSR count). The van der Waals surface area contributed by atoms with Crippen molar-refractivity contribution in [1.82, 2.24) is 10.6 Å². The van der Waals surface area contributed by atoms with Crippen LogP contribution < -0.4 is 15.4 Å². The molecule has 1 aromatic carbocycles. The minimum Gasteiger partial charge on any atom is -0.482 e. The number of piperidine rings is 1. The number of ether oxygens (including phenoxy) is 1. The lowest BCUT2D eigenvalue weighted by Crippen LogP contribution is -2.44. The molecular formula is C13H17Cl3N2O2. The normalized spacial score (nSPS) is 15.3. The van der Waals surface area contributed by atoms with Crippen molar-refractivity contribution in [2.24, 2.45) is 0 Å². The Morgan fingerprint density at radius 3 is 2.75 bits per heavy atom. The van der Waals surface area contributed by atoms with Crippen molar-refractivity contribution in [3.05, 3.63) is 28.2 Å². The van der Waals surface area contributed by atoms with E-state index in [-0.39, 0.29) is 31.0 Å². The maximum absolute atomic E-state index is 11.7. The van der Waals surface area contributed by atoms with E-state index < -0.39 is 0 Å². The molecule has 1 fully saturated rings. The van der Waals surface area contributed by atoms with Crippen LogP contribution in [-0.4, -0.2) is 31.6 Å². The highest BCUT2D eigenvalue weighted by Gasteiger charge is 2.15. The molecule has 0 saturated carbocycles. The fourth-order valence-electron chi connectivity index (χ4n) is 1.97. The first-order valence-electron chi connectivity index (χ1n) is 6.23. The summed E-state index contributed by atoms with van der Waals surface area (Å²) in [4.78, 5) is 11.7. The predicted octanol–water partition coefficient (Wildman–Crippen LogP) is 2.66. The molecule has 1 heterocycles. The molecule has 2 N–H and O–H groups in total. The van der Waals surface area contributed by atoms with Crippen LogP contribution in [0.1, 0.15) is 12.8 Å². The number of rotatable bonds is 4. The molecule has 4 nitrogen and oxygen atoms in total. The minimum atomic E-state index is -0.136. The Labute approximate surface area is 134 Å². The van der Waals surface area contributed by atoms with Crippen molar-refractivity contribution < 1.29 is 9.53 Å². The summed E-state index contributed by atoms with van der Waals surface area (Å²) in [6, 6.07) is 5.14. The first kappa shape index (κ1) is 17.4. The molecule has 1 amide bonds. The molecule has 1 aliphatic rings. The molecule has 0 spiro atoms. The van der Waals surface area contributed by atoms with Gasteiger partial charge in [0, 0.05) is 17.1 Å². The molecule has 1 saturated heterocycles. The lowest BCUT2D eigenvalue weighted by molar-refractivity contribution is -0.123. The number of benzene rings is 1. The number of halogens is 3. The Bertz CT molecular complexity index is 451. The topological polar surface area (TPSA) is 50.4 Å². The first-order chi connectivity index (χ1) is 9.15. The molecule has 0 atom stereocenters. The molecule has 7 heteroatoms. The maximum Gasteiger partial charge on any atom is 0.258 e. The highest BCUT2D eigenvalue weighted by Crippen LogP contribution is 2.27. The van der Waals surface area contributed by atoms with Gasteiger partial charge >= 0.3 is 0 Å². The van der Waals surface area contributed by atoms with Crippen LogP contribution in [0.2, 0.25) is 10.0 Å². The SMILES string of the molecule is Cl.O=C(COc1cc(Cl)ccc1Cl)NC1CCNCC1. The van der Waals surface area contributed by atoms with Gasteiger partial charge in [0.05, 0.1) is 5.02 Å². The second-order valence-corrected chi connectivity index (χ2v) is 5.30. The maximum atomic E-state index is 11.7. The van der Waals surface area contributed by atoms with Gasteiger partial charge in [-0.1, -0.05) is 23.2 Å². The van der Waals surface area contributed by atoms with E-state index in [1.54, 1.807) is 18.2 Å². The number of amides is 1. The second-order valence-electron chi connectivity index (χ2n) is 4.46. The smallest absolute Gasteiger partial charge is 0.258 e. The summed E-state index contributed by atoms with van der Waals surface area (Å²) in [7, 11) is 0. The van der Waals surface area contributed by atoms with Gasteiger partial charge in [0.1, 0.15) is 5.75 Å². The Kier molecular flexibility index (Phi) is 7.45. The summed E-state index contributed by atoms with van der Waals surface area (Å²) in [5.74, 6) is 0.289. The highest BCUT2D eigenvalue weighted by molar-refractivity contribution is 6.34. The van der Waals surface area contributed by atoms with Gasteiger partial charge in [-0.25, -0.2) is 0 Å². The van der Waals surface area contributed by atoms with E-state index in [4.69, 9.17) is 27.9 Å². The zero-order chi connectivity index (χ0) is 13.7. The standard InChI is InChI=1S/C13H16Cl2N2O2.ClH/c14-9-1-2-11(15)12(7-9)19-8-13(18)17-10-3-5-16-6-4-10;/h1-2,7,10,16H,3-6,8H2,(H,17,18);1H. The summed E-state index contributed by atoms with van der Waals surface area (Å²) < 4.78 is 5.38. The lowest BCUT2D eigenvalue weighted by atomic mass is 10.1. The number of carbonyl (C=O) groups excluding carboxylic acids is 1. The highest BCUT2D eigenvalue weighted by atomic mass is 35.5. The van der Waals surface area contributed by atoms with E-state index in [0.29, 0.717) is 15.8 Å². The number of nitrogens with one attached hydrogen (secondary N) is 2.